The Balaban J connectivity index is 4.56. The minimum atomic E-state index is 0.921. The molecule has 0 aromatic rings. The van der Waals surface area contributed by atoms with Crippen LogP contribution < -0.4 is 0 Å². The summed E-state index contributed by atoms with van der Waals surface area (Å²) in [5, 5.41) is 0. The molecule has 0 aliphatic carbocycles. The molecule has 0 amide bonds. The third kappa shape index (κ3) is 5.52. The molecule has 1 heteroatoms. The molecule has 0 unspecified atom stereocenters. The average molecular weight is 218 g/mol. The van der Waals surface area contributed by atoms with E-state index in [0.29, 0.717) is 0 Å². The van der Waals surface area contributed by atoms with Crippen LogP contribution in [0.4, 0.5) is 0 Å². The second-order valence-electron chi connectivity index (χ2n) is 3.93. The van der Waals surface area contributed by atoms with Gasteiger partial charge in [0.05, 0.1) is 26.2 Å². The van der Waals surface area contributed by atoms with Gasteiger partial charge in [0, 0.05) is 0 Å². The first-order valence-corrected chi connectivity index (χ1v) is 5.68. The van der Waals surface area contributed by atoms with Crippen LogP contribution >= 0.6 is 0 Å². The van der Waals surface area contributed by atoms with Crippen molar-refractivity contribution < 1.29 is 4.48 Å². The molecular weight excluding hydrogens is 194 g/mol. The van der Waals surface area contributed by atoms with E-state index < -0.39 is 0 Å². The molecule has 0 aliphatic rings. The van der Waals surface area contributed by atoms with Gasteiger partial charge in [0.15, 0.2) is 0 Å². The van der Waals surface area contributed by atoms with Crippen LogP contribution in [0, 0.1) is 0 Å². The van der Waals surface area contributed by atoms with E-state index >= 15 is 0 Å². The third-order valence-electron chi connectivity index (χ3n) is 2.51. The van der Waals surface area contributed by atoms with Crippen LogP contribution in [0.2, 0.25) is 0 Å². The number of hydrogen-bond acceptors (Lipinski definition) is 0. The predicted molar refractivity (Wildman–Crippen MR) is 74.3 cm³/mol. The van der Waals surface area contributed by atoms with E-state index in [1.807, 2.05) is 24.3 Å². The van der Waals surface area contributed by atoms with E-state index in [-0.39, 0.29) is 0 Å². The molecule has 0 radical (unpaired) electrons. The Labute approximate surface area is 100 Å². The van der Waals surface area contributed by atoms with Gasteiger partial charge < -0.3 is 4.48 Å². The van der Waals surface area contributed by atoms with Gasteiger partial charge in [0.1, 0.15) is 0 Å². The first-order chi connectivity index (χ1) is 7.74. The Morgan fingerprint density at radius 1 is 0.625 bits per heavy atom. The van der Waals surface area contributed by atoms with E-state index in [1.54, 1.807) is 0 Å². The molecule has 0 rings (SSSR count). The van der Waals surface area contributed by atoms with Gasteiger partial charge in [0.25, 0.3) is 0 Å². The van der Waals surface area contributed by atoms with Gasteiger partial charge in [-0.25, -0.2) is 0 Å². The Hall–Kier alpha value is -1.34. The molecule has 88 valence electrons. The van der Waals surface area contributed by atoms with Crippen LogP contribution in [-0.4, -0.2) is 30.7 Å². The highest BCUT2D eigenvalue weighted by Crippen LogP contribution is 2.08. The summed E-state index contributed by atoms with van der Waals surface area (Å²) in [7, 11) is 0. The lowest BCUT2D eigenvalue weighted by molar-refractivity contribution is -0.906. The maximum Gasteiger partial charge on any atom is 0.0981 e. The highest BCUT2D eigenvalue weighted by Gasteiger charge is 2.20. The zero-order valence-corrected chi connectivity index (χ0v) is 10.3. The number of allylic oxidation sites excluding steroid dienone is 2. The summed E-state index contributed by atoms with van der Waals surface area (Å²) < 4.78 is 0.921. The predicted octanol–water partition coefficient (Wildman–Crippen LogP) is 3.49. The fourth-order valence-electron chi connectivity index (χ4n) is 1.76. The van der Waals surface area contributed by atoms with Gasteiger partial charge in [-0.1, -0.05) is 31.9 Å². The zero-order chi connectivity index (χ0) is 12.3. The lowest BCUT2D eigenvalue weighted by Crippen LogP contribution is -2.48. The minimum Gasteiger partial charge on any atom is -0.311 e. The second-order valence-corrected chi connectivity index (χ2v) is 3.93. The summed E-state index contributed by atoms with van der Waals surface area (Å²) in [4.78, 5) is 0. The summed E-state index contributed by atoms with van der Waals surface area (Å²) in [5.41, 5.74) is 0. The molecule has 0 bridgehead atoms. The summed E-state index contributed by atoms with van der Waals surface area (Å²) in [6.07, 6.45) is 13.1. The minimum absolute atomic E-state index is 0.921. The fourth-order valence-corrected chi connectivity index (χ4v) is 1.76. The topological polar surface area (TPSA) is 0 Å². The number of nitrogens with zero attached hydrogens (tertiary/aromatic N) is 1. The van der Waals surface area contributed by atoms with E-state index in [2.05, 4.69) is 38.5 Å². The van der Waals surface area contributed by atoms with Crippen LogP contribution in [0.3, 0.4) is 0 Å². The number of rotatable bonds is 10. The summed E-state index contributed by atoms with van der Waals surface area (Å²) >= 11 is 0. The Bertz CT molecular complexity index is 234. The SMILES string of the molecule is C=CCC=CC[N+](CC=C)(CC=C)CC=C. The largest absolute Gasteiger partial charge is 0.311 e. The highest BCUT2D eigenvalue weighted by atomic mass is 15.3. The monoisotopic (exact) mass is 218 g/mol. The van der Waals surface area contributed by atoms with Crippen molar-refractivity contribution in [3.05, 3.63) is 62.8 Å². The Kier molecular flexibility index (Phi) is 8.18. The van der Waals surface area contributed by atoms with Crippen molar-refractivity contribution in [1.29, 1.82) is 0 Å². The molecule has 0 N–H and O–H groups in total. The second kappa shape index (κ2) is 8.93. The molecule has 16 heavy (non-hydrogen) atoms. The van der Waals surface area contributed by atoms with E-state index in [9.17, 15) is 0 Å². The van der Waals surface area contributed by atoms with Gasteiger partial charge >= 0.3 is 0 Å². The molecule has 0 fully saturated rings. The quantitative estimate of drug-likeness (QED) is 0.389. The van der Waals surface area contributed by atoms with Crippen molar-refractivity contribution in [2.75, 3.05) is 26.2 Å². The Morgan fingerprint density at radius 2 is 1.12 bits per heavy atom. The smallest absolute Gasteiger partial charge is 0.0981 e. The molecule has 0 saturated heterocycles. The number of hydrogen-bond donors (Lipinski definition) is 0. The molecule has 0 aromatic heterocycles. The van der Waals surface area contributed by atoms with E-state index in [1.165, 1.54) is 0 Å². The van der Waals surface area contributed by atoms with Crippen molar-refractivity contribution >= 4 is 0 Å². The first kappa shape index (κ1) is 14.7. The van der Waals surface area contributed by atoms with Gasteiger partial charge in [-0.05, 0) is 30.7 Å². The summed E-state index contributed by atoms with van der Waals surface area (Å²) in [6, 6.07) is 0. The van der Waals surface area contributed by atoms with Gasteiger partial charge in [-0.2, -0.15) is 0 Å². The maximum atomic E-state index is 3.83. The summed E-state index contributed by atoms with van der Waals surface area (Å²) in [6.45, 7) is 19.0. The van der Waals surface area contributed by atoms with Crippen molar-refractivity contribution in [1.82, 2.24) is 0 Å². The third-order valence-corrected chi connectivity index (χ3v) is 2.51. The molecule has 1 nitrogen and oxygen atoms in total. The van der Waals surface area contributed by atoms with Gasteiger partial charge in [-0.15, -0.1) is 6.58 Å². The van der Waals surface area contributed by atoms with E-state index in [0.717, 1.165) is 37.1 Å². The highest BCUT2D eigenvalue weighted by molar-refractivity contribution is 4.89. The number of quaternary nitrogens is 1. The molecule has 0 aromatic carbocycles. The normalized spacial score (nSPS) is 11.2. The van der Waals surface area contributed by atoms with Crippen molar-refractivity contribution in [2.24, 2.45) is 0 Å². The molecule has 0 spiro atoms. The molecule has 0 heterocycles. The van der Waals surface area contributed by atoms with Crippen LogP contribution in [0.25, 0.3) is 0 Å². The van der Waals surface area contributed by atoms with Crippen molar-refractivity contribution in [2.45, 2.75) is 6.42 Å². The van der Waals surface area contributed by atoms with Crippen molar-refractivity contribution in [3.63, 3.8) is 0 Å². The molecule has 0 atom stereocenters. The van der Waals surface area contributed by atoms with Crippen LogP contribution in [0.1, 0.15) is 6.42 Å². The van der Waals surface area contributed by atoms with Crippen molar-refractivity contribution in [3.8, 4) is 0 Å². The lowest BCUT2D eigenvalue weighted by Gasteiger charge is -2.35. The summed E-state index contributed by atoms with van der Waals surface area (Å²) in [5.74, 6) is 0. The molecule has 0 saturated carbocycles. The molecular formula is C15H24N+. The van der Waals surface area contributed by atoms with Crippen LogP contribution in [-0.2, 0) is 0 Å². The van der Waals surface area contributed by atoms with Crippen LogP contribution in [0.15, 0.2) is 62.8 Å². The van der Waals surface area contributed by atoms with Gasteiger partial charge in [0.2, 0.25) is 0 Å². The first-order valence-electron chi connectivity index (χ1n) is 5.68. The average Bonchev–Trinajstić information content (AvgIpc) is 2.26. The fraction of sp³-hybridized carbons (Fsp3) is 0.333. The lowest BCUT2D eigenvalue weighted by atomic mass is 10.2. The van der Waals surface area contributed by atoms with E-state index in [4.69, 9.17) is 0 Å². The molecule has 0 aliphatic heterocycles. The standard InChI is InChI=1S/C15H24N/c1-5-9-10-11-15-16(12-6-2,13-7-3)14-8-4/h5-8,10-11H,1-4,9,12-15H2/q+1. The maximum absolute atomic E-state index is 3.83. The zero-order valence-electron chi connectivity index (χ0n) is 10.3. The van der Waals surface area contributed by atoms with Crippen LogP contribution in [0.5, 0.6) is 0 Å². The Morgan fingerprint density at radius 3 is 1.50 bits per heavy atom. The van der Waals surface area contributed by atoms with Gasteiger partial charge in [-0.3, -0.25) is 0 Å².